The monoisotopic (exact) mass is 177 g/mol. The topological polar surface area (TPSA) is 48.8 Å². The molecule has 0 radical (unpaired) electrons. The minimum Gasteiger partial charge on any atom is -0.168 e. The first kappa shape index (κ1) is 9.82. The Morgan fingerprint density at radius 3 is 2.60 bits per heavy atom. The fraction of sp³-hybridized carbons (Fsp3) is 1.00. The Morgan fingerprint density at radius 2 is 2.20 bits per heavy atom. The molecule has 3 nitrogen and oxygen atoms in total. The van der Waals surface area contributed by atoms with Gasteiger partial charge in [-0.2, -0.15) is 11.1 Å². The van der Waals surface area contributed by atoms with Crippen molar-refractivity contribution >= 4 is 18.5 Å². The zero-order valence-electron chi connectivity index (χ0n) is 6.34. The van der Waals surface area contributed by atoms with Gasteiger partial charge in [-0.15, -0.1) is 0 Å². The number of nitrogens with zero attached hydrogens (tertiary/aromatic N) is 3. The molecule has 0 fully saturated rings. The third-order valence-corrected chi connectivity index (χ3v) is 3.20. The highest BCUT2D eigenvalue weighted by molar-refractivity contribution is 7.19. The normalized spacial score (nSPS) is 10.7. The van der Waals surface area contributed by atoms with Gasteiger partial charge in [-0.1, -0.05) is 18.2 Å². The largest absolute Gasteiger partial charge is 0.168 e. The quantitative estimate of drug-likeness (QED) is 0.158. The average Bonchev–Trinajstić information content (AvgIpc) is 1.78. The molecule has 0 aromatic rings. The Morgan fingerprint density at radius 1 is 1.60 bits per heavy atom. The van der Waals surface area contributed by atoms with Crippen molar-refractivity contribution in [3.63, 3.8) is 0 Å². The Hall–Kier alpha value is -0.183. The summed E-state index contributed by atoms with van der Waals surface area (Å²) < 4.78 is 0. The van der Waals surface area contributed by atoms with Crippen LogP contribution in [0.5, 0.6) is 0 Å². The predicted octanol–water partition coefficient (Wildman–Crippen LogP) is 3.13. The fourth-order valence-electron chi connectivity index (χ4n) is 0.615. The first-order valence-corrected chi connectivity index (χ1v) is 7.48. The highest BCUT2D eigenvalue weighted by Gasteiger charge is 2.14. The van der Waals surface area contributed by atoms with Crippen molar-refractivity contribution in [1.82, 2.24) is 0 Å². The van der Waals surface area contributed by atoms with Gasteiger partial charge in [-0.3, -0.25) is 0 Å². The Bertz CT molecular complexity index is 136. The third kappa shape index (κ3) is 7.82. The summed E-state index contributed by atoms with van der Waals surface area (Å²) >= 11 is 6.02. The van der Waals surface area contributed by atoms with E-state index in [4.69, 9.17) is 16.6 Å². The van der Waals surface area contributed by atoms with Crippen LogP contribution in [0.1, 0.15) is 6.42 Å². The molecule has 0 saturated heterocycles. The third-order valence-electron chi connectivity index (χ3n) is 1.09. The van der Waals surface area contributed by atoms with Gasteiger partial charge in [0.2, 0.25) is 0 Å². The van der Waals surface area contributed by atoms with Crippen LogP contribution in [0, 0.1) is 0 Å². The van der Waals surface area contributed by atoms with Crippen molar-refractivity contribution in [2.45, 2.75) is 25.6 Å². The van der Waals surface area contributed by atoms with Crippen LogP contribution in [0.15, 0.2) is 5.11 Å². The Balaban J connectivity index is 3.28. The molecule has 0 aromatic carbocycles. The lowest BCUT2D eigenvalue weighted by Gasteiger charge is -2.09. The molecule has 0 heterocycles. The maximum Gasteiger partial charge on any atom is 0.150 e. The van der Waals surface area contributed by atoms with Gasteiger partial charge in [0, 0.05) is 11.5 Å². The molecule has 58 valence electrons. The molecule has 0 atom stereocenters. The lowest BCUT2D eigenvalue weighted by Crippen LogP contribution is -2.15. The Kier molecular flexibility index (Phi) is 4.52. The molecule has 10 heavy (non-hydrogen) atoms. The van der Waals surface area contributed by atoms with Crippen LogP contribution in [0.2, 0.25) is 19.1 Å². The number of azide groups is 1. The van der Waals surface area contributed by atoms with Crippen molar-refractivity contribution < 1.29 is 0 Å². The van der Waals surface area contributed by atoms with Crippen molar-refractivity contribution in [3.05, 3.63) is 10.4 Å². The van der Waals surface area contributed by atoms with E-state index in [1.165, 1.54) is 0 Å². The van der Waals surface area contributed by atoms with Gasteiger partial charge in [-0.25, -0.2) is 0 Å². The molecule has 0 saturated carbocycles. The summed E-state index contributed by atoms with van der Waals surface area (Å²) in [4.78, 5) is 2.65. The minimum absolute atomic E-state index is 0.583. The molecular weight excluding hydrogens is 166 g/mol. The maximum atomic E-state index is 7.93. The van der Waals surface area contributed by atoms with E-state index in [1.807, 2.05) is 0 Å². The maximum absolute atomic E-state index is 7.93. The lowest BCUT2D eigenvalue weighted by atomic mass is 10.5. The van der Waals surface area contributed by atoms with Crippen molar-refractivity contribution in [1.29, 1.82) is 0 Å². The van der Waals surface area contributed by atoms with Gasteiger partial charge < -0.3 is 0 Å². The van der Waals surface area contributed by atoms with Gasteiger partial charge >= 0.3 is 0 Å². The minimum atomic E-state index is -1.42. The second-order valence-electron chi connectivity index (χ2n) is 2.78. The van der Waals surface area contributed by atoms with Crippen LogP contribution in [0.3, 0.4) is 0 Å². The van der Waals surface area contributed by atoms with Crippen molar-refractivity contribution in [2.75, 3.05) is 6.54 Å². The number of rotatable bonds is 4. The molecule has 0 amide bonds. The SMILES string of the molecule is C[Si](C)(Cl)CCCN=[N+]=[N-]. The number of halogens is 1. The summed E-state index contributed by atoms with van der Waals surface area (Å²) in [6.07, 6.45) is 0.923. The molecule has 0 aromatic heterocycles. The van der Waals surface area contributed by atoms with E-state index in [0.29, 0.717) is 6.54 Å². The van der Waals surface area contributed by atoms with Gasteiger partial charge in [0.25, 0.3) is 0 Å². The zero-order valence-corrected chi connectivity index (χ0v) is 8.10. The molecule has 0 bridgehead atoms. The summed E-state index contributed by atoms with van der Waals surface area (Å²) in [7, 11) is -1.42. The first-order valence-electron chi connectivity index (χ1n) is 3.26. The molecular formula is C5H12ClN3Si. The van der Waals surface area contributed by atoms with E-state index in [9.17, 15) is 0 Å². The molecule has 0 spiro atoms. The molecule has 0 rings (SSSR count). The van der Waals surface area contributed by atoms with Crippen LogP contribution < -0.4 is 0 Å². The molecule has 0 aliphatic heterocycles. The second kappa shape index (κ2) is 4.60. The average molecular weight is 178 g/mol. The zero-order chi connectivity index (χ0) is 8.04. The van der Waals surface area contributed by atoms with E-state index in [1.54, 1.807) is 0 Å². The predicted molar refractivity (Wildman–Crippen MR) is 46.8 cm³/mol. The van der Waals surface area contributed by atoms with Gasteiger partial charge in [0.05, 0.1) is 0 Å². The smallest absolute Gasteiger partial charge is 0.150 e. The van der Waals surface area contributed by atoms with Gasteiger partial charge in [0.15, 0.2) is 0 Å². The molecule has 0 aliphatic rings. The van der Waals surface area contributed by atoms with Crippen molar-refractivity contribution in [2.24, 2.45) is 5.11 Å². The van der Waals surface area contributed by atoms with E-state index >= 15 is 0 Å². The Labute approximate surface area is 66.7 Å². The van der Waals surface area contributed by atoms with Crippen molar-refractivity contribution in [3.8, 4) is 0 Å². The van der Waals surface area contributed by atoms with Crippen LogP contribution in [0.4, 0.5) is 0 Å². The second-order valence-corrected chi connectivity index (χ2v) is 9.78. The van der Waals surface area contributed by atoms with E-state index in [0.717, 1.165) is 12.5 Å². The van der Waals surface area contributed by atoms with E-state index in [-0.39, 0.29) is 0 Å². The van der Waals surface area contributed by atoms with Crippen LogP contribution in [0.25, 0.3) is 10.4 Å². The van der Waals surface area contributed by atoms with Crippen LogP contribution in [-0.4, -0.2) is 13.9 Å². The number of hydrogen-bond donors (Lipinski definition) is 0. The standard InChI is InChI=1S/C5H12ClN3Si/c1-10(2,6)5-3-4-8-9-7/h3-5H2,1-2H3. The van der Waals surface area contributed by atoms with Gasteiger partial charge in [0.1, 0.15) is 7.38 Å². The summed E-state index contributed by atoms with van der Waals surface area (Å²) in [6, 6.07) is 1.02. The lowest BCUT2D eigenvalue weighted by molar-refractivity contribution is 0.908. The number of hydrogen-bond acceptors (Lipinski definition) is 1. The van der Waals surface area contributed by atoms with Gasteiger partial charge in [-0.05, 0) is 18.0 Å². The molecule has 5 heteroatoms. The first-order chi connectivity index (χ1) is 4.56. The summed E-state index contributed by atoms with van der Waals surface area (Å²) in [5.41, 5.74) is 7.93. The van der Waals surface area contributed by atoms with E-state index in [2.05, 4.69) is 23.1 Å². The summed E-state index contributed by atoms with van der Waals surface area (Å²) in [6.45, 7) is 4.76. The highest BCUT2D eigenvalue weighted by Crippen LogP contribution is 2.15. The molecule has 0 N–H and O–H groups in total. The summed E-state index contributed by atoms with van der Waals surface area (Å²) in [5.74, 6) is 0. The highest BCUT2D eigenvalue weighted by atomic mass is 35.6. The summed E-state index contributed by atoms with van der Waals surface area (Å²) in [5, 5.41) is 3.42. The molecule has 0 unspecified atom stereocenters. The fourth-order valence-corrected chi connectivity index (χ4v) is 2.01. The van der Waals surface area contributed by atoms with Crippen LogP contribution >= 0.6 is 11.1 Å². The van der Waals surface area contributed by atoms with E-state index < -0.39 is 7.38 Å². The molecule has 0 aliphatic carbocycles. The van der Waals surface area contributed by atoms with Crippen LogP contribution in [-0.2, 0) is 0 Å².